The number of likely N-dealkylation sites (tertiary alicyclic amines) is 1. The molecule has 1 heterocycles. The Hall–Kier alpha value is -3.07. The number of nitrogens with one attached hydrogen (secondary N) is 1. The maximum atomic E-state index is 14.8. The van der Waals surface area contributed by atoms with E-state index in [0.29, 0.717) is 18.5 Å². The van der Waals surface area contributed by atoms with E-state index in [-0.39, 0.29) is 59.9 Å². The van der Waals surface area contributed by atoms with Crippen LogP contribution in [0.25, 0.3) is 0 Å². The lowest BCUT2D eigenvalue weighted by molar-refractivity contribution is -0.138. The lowest BCUT2D eigenvalue weighted by atomic mass is 9.93. The Labute approximate surface area is 263 Å². The van der Waals surface area contributed by atoms with Crippen molar-refractivity contribution in [2.24, 2.45) is 11.7 Å². The van der Waals surface area contributed by atoms with Crippen LogP contribution in [0.4, 0.5) is 4.39 Å². The van der Waals surface area contributed by atoms with Gasteiger partial charge in [-0.1, -0.05) is 39.8 Å². The van der Waals surface area contributed by atoms with Gasteiger partial charge in [-0.15, -0.1) is 0 Å². The molecular weight excluding hydrogens is 613 g/mol. The SMILES string of the molecule is CC(=O)C(N)CCC(=O)NC(CSSC1CCN(C(C(=O)C2CC2)c2ccccc2F)C/C1=C/C(=O)O)C(=O)CCC(=O)O. The highest BCUT2D eigenvalue weighted by atomic mass is 33.1. The number of nitrogens with two attached hydrogens (primary N) is 1. The average molecular weight is 652 g/mol. The summed E-state index contributed by atoms with van der Waals surface area (Å²) in [5, 5.41) is 20.9. The van der Waals surface area contributed by atoms with E-state index < -0.39 is 54.0 Å². The summed E-state index contributed by atoms with van der Waals surface area (Å²) < 4.78 is 14.8. The highest BCUT2D eigenvalue weighted by Crippen LogP contribution is 2.42. The van der Waals surface area contributed by atoms with E-state index in [2.05, 4.69) is 5.32 Å². The third kappa shape index (κ3) is 10.8. The summed E-state index contributed by atoms with van der Waals surface area (Å²) in [5.74, 6) is -4.17. The van der Waals surface area contributed by atoms with Gasteiger partial charge in [0.15, 0.2) is 11.6 Å². The summed E-state index contributed by atoms with van der Waals surface area (Å²) in [7, 11) is 2.56. The first-order valence-corrected chi connectivity index (χ1v) is 16.8. The molecule has 0 radical (unpaired) electrons. The number of nitrogens with zero attached hydrogens (tertiary/aromatic N) is 1. The summed E-state index contributed by atoms with van der Waals surface area (Å²) in [6.45, 7) is 1.86. The molecule has 1 aliphatic heterocycles. The fraction of sp³-hybridized carbons (Fsp3) is 0.533. The maximum absolute atomic E-state index is 14.8. The van der Waals surface area contributed by atoms with Gasteiger partial charge in [-0.25, -0.2) is 9.18 Å². The zero-order valence-electron chi connectivity index (χ0n) is 24.4. The number of halogens is 1. The number of hydrogen-bond donors (Lipinski definition) is 4. The van der Waals surface area contributed by atoms with Crippen molar-refractivity contribution in [1.29, 1.82) is 0 Å². The molecule has 0 spiro atoms. The van der Waals surface area contributed by atoms with Gasteiger partial charge in [0.05, 0.1) is 24.5 Å². The topological polar surface area (TPSA) is 184 Å². The lowest BCUT2D eigenvalue weighted by Crippen LogP contribution is -2.44. The van der Waals surface area contributed by atoms with Crippen LogP contribution in [-0.2, 0) is 28.8 Å². The van der Waals surface area contributed by atoms with E-state index in [1.807, 2.05) is 4.90 Å². The monoisotopic (exact) mass is 651 g/mol. The second kappa shape index (κ2) is 16.8. The second-order valence-corrected chi connectivity index (χ2v) is 13.6. The number of rotatable bonds is 18. The van der Waals surface area contributed by atoms with E-state index in [4.69, 9.17) is 10.8 Å². The molecule has 3 rings (SSSR count). The minimum atomic E-state index is -1.16. The van der Waals surface area contributed by atoms with Crippen LogP contribution in [0.1, 0.15) is 63.5 Å². The number of carboxylic acid groups (broad SMARTS) is 2. The van der Waals surface area contributed by atoms with E-state index >= 15 is 0 Å². The number of hydrogen-bond acceptors (Lipinski definition) is 10. The first-order chi connectivity index (χ1) is 20.9. The van der Waals surface area contributed by atoms with E-state index in [1.165, 1.54) is 34.6 Å². The van der Waals surface area contributed by atoms with Crippen LogP contribution in [0.15, 0.2) is 35.9 Å². The van der Waals surface area contributed by atoms with Crippen molar-refractivity contribution < 1.29 is 43.4 Å². The largest absolute Gasteiger partial charge is 0.481 e. The molecule has 0 bridgehead atoms. The minimum Gasteiger partial charge on any atom is -0.481 e. The molecule has 2 fully saturated rings. The smallest absolute Gasteiger partial charge is 0.328 e. The Morgan fingerprint density at radius 2 is 1.80 bits per heavy atom. The molecule has 240 valence electrons. The molecule has 5 N–H and O–H groups in total. The summed E-state index contributed by atoms with van der Waals surface area (Å²) in [4.78, 5) is 74.5. The van der Waals surface area contributed by atoms with E-state index in [1.54, 1.807) is 18.2 Å². The van der Waals surface area contributed by atoms with Crippen LogP contribution in [-0.4, -0.2) is 86.5 Å². The minimum absolute atomic E-state index is 0.0760. The Morgan fingerprint density at radius 3 is 2.41 bits per heavy atom. The Balaban J connectivity index is 1.68. The van der Waals surface area contributed by atoms with Crippen LogP contribution >= 0.6 is 21.6 Å². The molecule has 1 aromatic carbocycles. The van der Waals surface area contributed by atoms with Gasteiger partial charge in [0.2, 0.25) is 5.91 Å². The molecule has 11 nitrogen and oxygen atoms in total. The number of ketones is 3. The summed E-state index contributed by atoms with van der Waals surface area (Å²) >= 11 is 0. The molecular formula is C30H38FN3O8S2. The normalized spacial score (nSPS) is 20.0. The van der Waals surface area contributed by atoms with Crippen LogP contribution < -0.4 is 11.1 Å². The van der Waals surface area contributed by atoms with Crippen molar-refractivity contribution in [3.05, 3.63) is 47.3 Å². The average Bonchev–Trinajstić information content (AvgIpc) is 3.81. The number of carbonyl (C=O) groups excluding carboxylic acids is 4. The number of piperidine rings is 1. The Morgan fingerprint density at radius 1 is 1.09 bits per heavy atom. The number of carbonyl (C=O) groups is 6. The molecule has 1 amide bonds. The first-order valence-electron chi connectivity index (χ1n) is 14.4. The molecule has 44 heavy (non-hydrogen) atoms. The van der Waals surface area contributed by atoms with Gasteiger partial charge in [0, 0.05) is 54.5 Å². The predicted molar refractivity (Wildman–Crippen MR) is 164 cm³/mol. The number of carboxylic acids is 2. The van der Waals surface area contributed by atoms with Crippen LogP contribution in [0.3, 0.4) is 0 Å². The molecule has 1 saturated heterocycles. The van der Waals surface area contributed by atoms with Gasteiger partial charge in [-0.2, -0.15) is 0 Å². The van der Waals surface area contributed by atoms with Crippen molar-refractivity contribution in [3.63, 3.8) is 0 Å². The quantitative estimate of drug-likeness (QED) is 0.135. The third-order valence-electron chi connectivity index (χ3n) is 7.53. The number of benzene rings is 1. The van der Waals surface area contributed by atoms with Crippen molar-refractivity contribution in [3.8, 4) is 0 Å². The fourth-order valence-electron chi connectivity index (χ4n) is 4.89. The van der Waals surface area contributed by atoms with Gasteiger partial charge in [0.25, 0.3) is 0 Å². The first kappa shape index (κ1) is 35.4. The highest BCUT2D eigenvalue weighted by molar-refractivity contribution is 8.77. The van der Waals surface area contributed by atoms with Crippen LogP contribution in [0.2, 0.25) is 0 Å². The number of amides is 1. The molecule has 1 aliphatic carbocycles. The van der Waals surface area contributed by atoms with E-state index in [0.717, 1.165) is 18.9 Å². The molecule has 4 atom stereocenters. The fourth-order valence-corrected chi connectivity index (χ4v) is 7.81. The zero-order valence-corrected chi connectivity index (χ0v) is 26.0. The van der Waals surface area contributed by atoms with Crippen molar-refractivity contribution in [2.75, 3.05) is 18.8 Å². The molecule has 1 saturated carbocycles. The maximum Gasteiger partial charge on any atom is 0.328 e. The zero-order chi connectivity index (χ0) is 32.4. The summed E-state index contributed by atoms with van der Waals surface area (Å²) in [6, 6.07) is 3.47. The van der Waals surface area contributed by atoms with Gasteiger partial charge < -0.3 is 21.3 Å². The molecule has 4 unspecified atom stereocenters. The Kier molecular flexibility index (Phi) is 13.6. The van der Waals surface area contributed by atoms with Gasteiger partial charge in [0.1, 0.15) is 11.6 Å². The highest BCUT2D eigenvalue weighted by Gasteiger charge is 2.41. The van der Waals surface area contributed by atoms with Crippen LogP contribution in [0, 0.1) is 11.7 Å². The third-order valence-corrected chi connectivity index (χ3v) is 10.4. The van der Waals surface area contributed by atoms with Crippen molar-refractivity contribution in [1.82, 2.24) is 10.2 Å². The molecule has 14 heteroatoms. The lowest BCUT2D eigenvalue weighted by Gasteiger charge is -2.38. The van der Waals surface area contributed by atoms with Gasteiger partial charge in [-0.3, -0.25) is 28.9 Å². The van der Waals surface area contributed by atoms with Gasteiger partial charge in [-0.05, 0) is 44.2 Å². The molecule has 1 aromatic rings. The number of aliphatic carboxylic acids is 2. The standard InChI is InChI=1S/C30H38FN3O8S2/c1-17(35)22(32)8-10-26(37)33-23(24(36)9-11-27(38)39)16-43-44-25-12-13-34(15-19(25)14-28(40)41)29(30(42)18-6-7-18)20-4-2-3-5-21(20)31/h2-5,14,18,22-23,25,29H,6-13,15-16,32H2,1H3,(H,33,37)(H,38,39)(H,40,41)/b19-14-. The Bertz CT molecular complexity index is 1290. The predicted octanol–water partition coefficient (Wildman–Crippen LogP) is 2.93. The second-order valence-electron chi connectivity index (χ2n) is 11.0. The van der Waals surface area contributed by atoms with Crippen molar-refractivity contribution in [2.45, 2.75) is 75.2 Å². The van der Waals surface area contributed by atoms with Crippen LogP contribution in [0.5, 0.6) is 0 Å². The van der Waals surface area contributed by atoms with Gasteiger partial charge >= 0.3 is 11.9 Å². The van der Waals surface area contributed by atoms with E-state index in [9.17, 15) is 38.3 Å². The summed E-state index contributed by atoms with van der Waals surface area (Å²) in [6.07, 6.45) is 2.37. The summed E-state index contributed by atoms with van der Waals surface area (Å²) in [5.41, 5.74) is 6.49. The molecule has 0 aromatic heterocycles. The molecule has 2 aliphatic rings. The van der Waals surface area contributed by atoms with Crippen molar-refractivity contribution >= 4 is 56.8 Å². The number of Topliss-reactive ketones (excluding diaryl/α,β-unsaturated/α-hetero) is 3.